The Morgan fingerprint density at radius 2 is 1.75 bits per heavy atom. The predicted octanol–water partition coefficient (Wildman–Crippen LogP) is 5.69. The van der Waals surface area contributed by atoms with Crippen molar-refractivity contribution in [2.75, 3.05) is 0 Å². The van der Waals surface area contributed by atoms with Crippen molar-refractivity contribution in [3.8, 4) is 21.8 Å². The molecule has 1 aromatic heterocycles. The lowest BCUT2D eigenvalue weighted by atomic mass is 10.1. The molecule has 0 saturated carbocycles. The van der Waals surface area contributed by atoms with Gasteiger partial charge in [-0.3, -0.25) is 0 Å². The zero-order chi connectivity index (χ0) is 14.1. The van der Waals surface area contributed by atoms with Crippen LogP contribution in [-0.4, -0.2) is 4.98 Å². The van der Waals surface area contributed by atoms with Gasteiger partial charge in [-0.1, -0.05) is 40.2 Å². The van der Waals surface area contributed by atoms with Crippen LogP contribution in [0, 0.1) is 12.7 Å². The highest BCUT2D eigenvalue weighted by Crippen LogP contribution is 2.34. The van der Waals surface area contributed by atoms with Crippen molar-refractivity contribution < 1.29 is 4.39 Å². The molecule has 0 spiro atoms. The number of halogens is 2. The number of rotatable bonds is 2. The molecule has 4 heteroatoms. The van der Waals surface area contributed by atoms with E-state index in [1.807, 2.05) is 37.3 Å². The second kappa shape index (κ2) is 5.46. The summed E-state index contributed by atoms with van der Waals surface area (Å²) in [7, 11) is 0. The first-order chi connectivity index (χ1) is 9.65. The molecule has 0 atom stereocenters. The molecule has 0 bridgehead atoms. The number of thiazole rings is 1. The number of hydrogen-bond donors (Lipinski definition) is 0. The molecule has 0 unspecified atom stereocenters. The van der Waals surface area contributed by atoms with Crippen LogP contribution in [0.2, 0.25) is 0 Å². The third-order valence-corrected chi connectivity index (χ3v) is 4.55. The summed E-state index contributed by atoms with van der Waals surface area (Å²) in [4.78, 5) is 5.69. The van der Waals surface area contributed by atoms with E-state index in [-0.39, 0.29) is 5.82 Å². The zero-order valence-electron chi connectivity index (χ0n) is 10.7. The molecule has 3 rings (SSSR count). The van der Waals surface area contributed by atoms with E-state index in [2.05, 4.69) is 20.9 Å². The summed E-state index contributed by atoms with van der Waals surface area (Å²) in [5.74, 6) is -0.233. The van der Waals surface area contributed by atoms with Crippen molar-refractivity contribution in [2.45, 2.75) is 6.92 Å². The highest BCUT2D eigenvalue weighted by molar-refractivity contribution is 9.10. The van der Waals surface area contributed by atoms with Gasteiger partial charge in [-0.2, -0.15) is 0 Å². The smallest absolute Gasteiger partial charge is 0.133 e. The van der Waals surface area contributed by atoms with Crippen LogP contribution >= 0.6 is 27.3 Å². The van der Waals surface area contributed by atoms with E-state index in [9.17, 15) is 4.39 Å². The standard InChI is InChI=1S/C16H11BrFNS/c1-10-15(11-6-8-12(17)9-7-11)19-16(20-10)13-4-2-3-5-14(13)18/h2-9H,1H3. The van der Waals surface area contributed by atoms with Crippen LogP contribution in [0.4, 0.5) is 4.39 Å². The second-order valence-electron chi connectivity index (χ2n) is 4.41. The van der Waals surface area contributed by atoms with Crippen molar-refractivity contribution in [3.05, 3.63) is 63.7 Å². The van der Waals surface area contributed by atoms with Crippen LogP contribution in [0.3, 0.4) is 0 Å². The normalized spacial score (nSPS) is 10.8. The zero-order valence-corrected chi connectivity index (χ0v) is 13.1. The van der Waals surface area contributed by atoms with Gasteiger partial charge in [0.2, 0.25) is 0 Å². The lowest BCUT2D eigenvalue weighted by Gasteiger charge is -1.99. The highest BCUT2D eigenvalue weighted by Gasteiger charge is 2.13. The van der Waals surface area contributed by atoms with Crippen molar-refractivity contribution in [1.29, 1.82) is 0 Å². The fourth-order valence-electron chi connectivity index (χ4n) is 2.02. The fraction of sp³-hybridized carbons (Fsp3) is 0.0625. The summed E-state index contributed by atoms with van der Waals surface area (Å²) in [5, 5.41) is 0.721. The number of nitrogens with zero attached hydrogens (tertiary/aromatic N) is 1. The first kappa shape index (κ1) is 13.5. The van der Waals surface area contributed by atoms with Gasteiger partial charge in [0.25, 0.3) is 0 Å². The molecule has 0 N–H and O–H groups in total. The Hall–Kier alpha value is -1.52. The van der Waals surface area contributed by atoms with Crippen LogP contribution in [-0.2, 0) is 0 Å². The third kappa shape index (κ3) is 2.53. The molecule has 0 fully saturated rings. The summed E-state index contributed by atoms with van der Waals surface area (Å²) in [6, 6.07) is 14.7. The maximum Gasteiger partial charge on any atom is 0.133 e. The maximum absolute atomic E-state index is 13.8. The molecule has 1 heterocycles. The number of benzene rings is 2. The lowest BCUT2D eigenvalue weighted by molar-refractivity contribution is 0.631. The van der Waals surface area contributed by atoms with E-state index < -0.39 is 0 Å². The molecule has 20 heavy (non-hydrogen) atoms. The molecule has 0 amide bonds. The first-order valence-corrected chi connectivity index (χ1v) is 7.74. The molecule has 2 aromatic carbocycles. The molecule has 100 valence electrons. The molecule has 0 aliphatic rings. The Labute approximate surface area is 129 Å². The van der Waals surface area contributed by atoms with Crippen molar-refractivity contribution in [1.82, 2.24) is 4.98 Å². The van der Waals surface area contributed by atoms with Gasteiger partial charge in [-0.15, -0.1) is 11.3 Å². The van der Waals surface area contributed by atoms with E-state index in [1.165, 1.54) is 17.4 Å². The summed E-state index contributed by atoms with van der Waals surface area (Å²) >= 11 is 4.94. The van der Waals surface area contributed by atoms with Gasteiger partial charge < -0.3 is 0 Å². The van der Waals surface area contributed by atoms with Crippen molar-refractivity contribution >= 4 is 27.3 Å². The van der Waals surface area contributed by atoms with Crippen molar-refractivity contribution in [2.24, 2.45) is 0 Å². The van der Waals surface area contributed by atoms with Crippen LogP contribution in [0.1, 0.15) is 4.88 Å². The Balaban J connectivity index is 2.08. The minimum absolute atomic E-state index is 0.233. The summed E-state index contributed by atoms with van der Waals surface area (Å²) in [5.41, 5.74) is 2.52. The third-order valence-electron chi connectivity index (χ3n) is 3.02. The average Bonchev–Trinajstić information content (AvgIpc) is 2.82. The average molecular weight is 348 g/mol. The molecule has 3 aromatic rings. The van der Waals surface area contributed by atoms with Gasteiger partial charge in [0.05, 0.1) is 5.69 Å². The van der Waals surface area contributed by atoms with E-state index in [4.69, 9.17) is 0 Å². The van der Waals surface area contributed by atoms with Gasteiger partial charge in [-0.25, -0.2) is 9.37 Å². The largest absolute Gasteiger partial charge is 0.236 e. The minimum Gasteiger partial charge on any atom is -0.236 e. The monoisotopic (exact) mass is 347 g/mol. The van der Waals surface area contributed by atoms with Crippen LogP contribution in [0.25, 0.3) is 21.8 Å². The highest BCUT2D eigenvalue weighted by atomic mass is 79.9. The van der Waals surface area contributed by atoms with E-state index in [1.54, 1.807) is 12.1 Å². The molecule has 0 radical (unpaired) electrons. The summed E-state index contributed by atoms with van der Waals surface area (Å²) in [6.07, 6.45) is 0. The maximum atomic E-state index is 13.8. The quantitative estimate of drug-likeness (QED) is 0.580. The van der Waals surface area contributed by atoms with Gasteiger partial charge in [0, 0.05) is 20.5 Å². The number of aromatic nitrogens is 1. The summed E-state index contributed by atoms with van der Waals surface area (Å²) < 4.78 is 14.9. The van der Waals surface area contributed by atoms with Crippen LogP contribution in [0.5, 0.6) is 0 Å². The Kier molecular flexibility index (Phi) is 3.68. The van der Waals surface area contributed by atoms with Gasteiger partial charge in [-0.05, 0) is 31.2 Å². The molecule has 1 nitrogen and oxygen atoms in total. The predicted molar refractivity (Wildman–Crippen MR) is 85.4 cm³/mol. The van der Waals surface area contributed by atoms with E-state index >= 15 is 0 Å². The van der Waals surface area contributed by atoms with Gasteiger partial charge >= 0.3 is 0 Å². The lowest BCUT2D eigenvalue weighted by Crippen LogP contribution is -1.84. The number of hydrogen-bond acceptors (Lipinski definition) is 2. The second-order valence-corrected chi connectivity index (χ2v) is 6.53. The van der Waals surface area contributed by atoms with Gasteiger partial charge in [0.1, 0.15) is 10.8 Å². The molecule has 0 aliphatic heterocycles. The SMILES string of the molecule is Cc1sc(-c2ccccc2F)nc1-c1ccc(Br)cc1. The molecule has 0 saturated heterocycles. The first-order valence-electron chi connectivity index (χ1n) is 6.13. The van der Waals surface area contributed by atoms with E-state index in [0.29, 0.717) is 5.56 Å². The minimum atomic E-state index is -0.233. The summed E-state index contributed by atoms with van der Waals surface area (Å²) in [6.45, 7) is 2.01. The fourth-order valence-corrected chi connectivity index (χ4v) is 3.25. The van der Waals surface area contributed by atoms with Crippen LogP contribution < -0.4 is 0 Å². The van der Waals surface area contributed by atoms with Gasteiger partial charge in [0.15, 0.2) is 0 Å². The van der Waals surface area contributed by atoms with Crippen LogP contribution in [0.15, 0.2) is 53.0 Å². The topological polar surface area (TPSA) is 12.9 Å². The molecular formula is C16H11BrFNS. The Morgan fingerprint density at radius 1 is 1.05 bits per heavy atom. The van der Waals surface area contributed by atoms with Crippen molar-refractivity contribution in [3.63, 3.8) is 0 Å². The molecular weight excluding hydrogens is 337 g/mol. The van der Waals surface area contributed by atoms with E-state index in [0.717, 1.165) is 25.6 Å². The Morgan fingerprint density at radius 3 is 2.45 bits per heavy atom. The number of aryl methyl sites for hydroxylation is 1. The molecule has 0 aliphatic carbocycles. The Bertz CT molecular complexity index is 749.